The fourth-order valence-electron chi connectivity index (χ4n) is 2.26. The van der Waals surface area contributed by atoms with Crippen molar-refractivity contribution in [3.63, 3.8) is 0 Å². The number of hydrogen-bond donors (Lipinski definition) is 0. The summed E-state index contributed by atoms with van der Waals surface area (Å²) in [5.74, 6) is 0. The minimum atomic E-state index is 0.398. The van der Waals surface area contributed by atoms with E-state index in [2.05, 4.69) is 32.9 Å². The normalized spacial score (nSPS) is 11.8. The maximum Gasteiger partial charge on any atom is -0.0326 e. The molecule has 0 saturated carbocycles. The van der Waals surface area contributed by atoms with Crippen LogP contribution in [0.25, 0.3) is 0 Å². The highest BCUT2D eigenvalue weighted by Crippen LogP contribution is 2.37. The third-order valence-corrected chi connectivity index (χ3v) is 6.27. The summed E-state index contributed by atoms with van der Waals surface area (Å²) in [6.07, 6.45) is 20.4. The van der Waals surface area contributed by atoms with E-state index in [0.29, 0.717) is 7.92 Å². The molecule has 0 atom stereocenters. The van der Waals surface area contributed by atoms with Crippen LogP contribution in [0.15, 0.2) is 12.2 Å². The molecule has 0 aromatic carbocycles. The SMILES string of the molecule is C/C=C/CCCCCCCP(CCC)CCC. The summed E-state index contributed by atoms with van der Waals surface area (Å²) in [5, 5.41) is 0. The van der Waals surface area contributed by atoms with Gasteiger partial charge in [0.25, 0.3) is 0 Å². The summed E-state index contributed by atoms with van der Waals surface area (Å²) in [6.45, 7) is 6.79. The molecule has 102 valence electrons. The highest BCUT2D eigenvalue weighted by atomic mass is 31.1. The van der Waals surface area contributed by atoms with Crippen molar-refractivity contribution < 1.29 is 0 Å². The average molecular weight is 256 g/mol. The van der Waals surface area contributed by atoms with Crippen LogP contribution in [0, 0.1) is 0 Å². The van der Waals surface area contributed by atoms with Crippen molar-refractivity contribution in [3.05, 3.63) is 12.2 Å². The predicted octanol–water partition coefficient (Wildman–Crippen LogP) is 6.21. The van der Waals surface area contributed by atoms with Crippen molar-refractivity contribution in [2.75, 3.05) is 18.5 Å². The van der Waals surface area contributed by atoms with Crippen LogP contribution in [-0.2, 0) is 0 Å². The van der Waals surface area contributed by atoms with E-state index in [9.17, 15) is 0 Å². The molecule has 0 aliphatic rings. The summed E-state index contributed by atoms with van der Waals surface area (Å²) in [6, 6.07) is 0. The van der Waals surface area contributed by atoms with E-state index >= 15 is 0 Å². The maximum absolute atomic E-state index is 2.34. The smallest absolute Gasteiger partial charge is 0.0326 e. The molecule has 0 amide bonds. The second-order valence-corrected chi connectivity index (χ2v) is 7.65. The molecular weight excluding hydrogens is 223 g/mol. The zero-order valence-corrected chi connectivity index (χ0v) is 13.3. The standard InChI is InChI=1S/C16H33P/c1-4-7-8-9-10-11-12-13-16-17(14-5-2)15-6-3/h4,7H,5-6,8-16H2,1-3H3/b7-4+. The number of allylic oxidation sites excluding steroid dienone is 2. The van der Waals surface area contributed by atoms with Gasteiger partial charge >= 0.3 is 0 Å². The van der Waals surface area contributed by atoms with Crippen LogP contribution in [0.1, 0.15) is 72.1 Å². The summed E-state index contributed by atoms with van der Waals surface area (Å²) in [5.41, 5.74) is 0. The van der Waals surface area contributed by atoms with Gasteiger partial charge in [-0.25, -0.2) is 0 Å². The second-order valence-electron chi connectivity index (χ2n) is 4.97. The van der Waals surface area contributed by atoms with E-state index in [1.54, 1.807) is 6.16 Å². The van der Waals surface area contributed by atoms with Crippen LogP contribution in [-0.4, -0.2) is 18.5 Å². The van der Waals surface area contributed by atoms with Crippen molar-refractivity contribution in [2.45, 2.75) is 72.1 Å². The van der Waals surface area contributed by atoms with Crippen molar-refractivity contribution in [2.24, 2.45) is 0 Å². The molecule has 17 heavy (non-hydrogen) atoms. The molecule has 0 fully saturated rings. The fraction of sp³-hybridized carbons (Fsp3) is 0.875. The van der Waals surface area contributed by atoms with Crippen LogP contribution in [0.4, 0.5) is 0 Å². The molecule has 0 aliphatic carbocycles. The number of hydrogen-bond acceptors (Lipinski definition) is 0. The monoisotopic (exact) mass is 256 g/mol. The lowest BCUT2D eigenvalue weighted by Gasteiger charge is -2.15. The minimum Gasteiger partial charge on any atom is -0.107 e. The minimum absolute atomic E-state index is 0.398. The third kappa shape index (κ3) is 12.4. The Balaban J connectivity index is 3.29. The number of rotatable bonds is 12. The molecule has 0 unspecified atom stereocenters. The Morgan fingerprint density at radius 1 is 0.765 bits per heavy atom. The highest BCUT2D eigenvalue weighted by Gasteiger charge is 2.04. The Bertz CT molecular complexity index is 157. The summed E-state index contributed by atoms with van der Waals surface area (Å²) in [4.78, 5) is 0. The molecule has 0 aromatic rings. The zero-order chi connectivity index (χ0) is 12.8. The van der Waals surface area contributed by atoms with E-state index < -0.39 is 0 Å². The lowest BCUT2D eigenvalue weighted by atomic mass is 10.1. The van der Waals surface area contributed by atoms with Crippen molar-refractivity contribution in [3.8, 4) is 0 Å². The maximum atomic E-state index is 2.34. The van der Waals surface area contributed by atoms with Crippen molar-refractivity contribution in [1.82, 2.24) is 0 Å². The van der Waals surface area contributed by atoms with Crippen LogP contribution >= 0.6 is 7.92 Å². The quantitative estimate of drug-likeness (QED) is 0.221. The van der Waals surface area contributed by atoms with Gasteiger partial charge in [0.1, 0.15) is 0 Å². The fourth-order valence-corrected chi connectivity index (χ4v) is 4.87. The molecule has 0 aromatic heterocycles. The third-order valence-electron chi connectivity index (χ3n) is 3.16. The first-order valence-corrected chi connectivity index (χ1v) is 9.58. The predicted molar refractivity (Wildman–Crippen MR) is 84.6 cm³/mol. The second kappa shape index (κ2) is 14.2. The lowest BCUT2D eigenvalue weighted by Crippen LogP contribution is -1.94. The molecule has 0 heterocycles. The molecule has 1 heteroatoms. The topological polar surface area (TPSA) is 0 Å². The molecule has 0 aliphatic heterocycles. The van der Waals surface area contributed by atoms with Gasteiger partial charge in [0.05, 0.1) is 0 Å². The average Bonchev–Trinajstić information content (AvgIpc) is 2.33. The van der Waals surface area contributed by atoms with Gasteiger partial charge in [-0.05, 0) is 44.7 Å². The Morgan fingerprint density at radius 2 is 1.35 bits per heavy atom. The van der Waals surface area contributed by atoms with E-state index in [-0.39, 0.29) is 0 Å². The first kappa shape index (κ1) is 17.2. The molecular formula is C16H33P. The van der Waals surface area contributed by atoms with Crippen molar-refractivity contribution in [1.29, 1.82) is 0 Å². The summed E-state index contributed by atoms with van der Waals surface area (Å²) in [7, 11) is 0.398. The van der Waals surface area contributed by atoms with Crippen molar-refractivity contribution >= 4 is 7.92 Å². The Hall–Kier alpha value is 0.170. The highest BCUT2D eigenvalue weighted by molar-refractivity contribution is 7.57. The molecule has 0 spiro atoms. The van der Waals surface area contributed by atoms with Gasteiger partial charge in [0.2, 0.25) is 0 Å². The Morgan fingerprint density at radius 3 is 1.94 bits per heavy atom. The van der Waals surface area contributed by atoms with Gasteiger partial charge < -0.3 is 0 Å². The molecule has 0 rings (SSSR count). The lowest BCUT2D eigenvalue weighted by molar-refractivity contribution is 0.638. The van der Waals surface area contributed by atoms with Gasteiger partial charge in [-0.15, -0.1) is 7.92 Å². The van der Waals surface area contributed by atoms with Gasteiger partial charge in [0.15, 0.2) is 0 Å². The van der Waals surface area contributed by atoms with E-state index in [0.717, 1.165) is 0 Å². The van der Waals surface area contributed by atoms with Gasteiger partial charge in [0, 0.05) is 0 Å². The first-order valence-electron chi connectivity index (χ1n) is 7.68. The van der Waals surface area contributed by atoms with Crippen LogP contribution in [0.5, 0.6) is 0 Å². The first-order chi connectivity index (χ1) is 8.35. The molecule has 0 radical (unpaired) electrons. The van der Waals surface area contributed by atoms with E-state index in [1.807, 2.05) is 0 Å². The molecule has 0 N–H and O–H groups in total. The summed E-state index contributed by atoms with van der Waals surface area (Å²) < 4.78 is 0. The van der Waals surface area contributed by atoms with Crippen LogP contribution < -0.4 is 0 Å². The Labute approximate surface area is 111 Å². The summed E-state index contributed by atoms with van der Waals surface area (Å²) >= 11 is 0. The number of unbranched alkanes of at least 4 members (excludes halogenated alkanes) is 5. The van der Waals surface area contributed by atoms with Gasteiger partial charge in [-0.3, -0.25) is 0 Å². The largest absolute Gasteiger partial charge is 0.107 e. The van der Waals surface area contributed by atoms with E-state index in [1.165, 1.54) is 63.7 Å². The van der Waals surface area contributed by atoms with Gasteiger partial charge in [-0.2, -0.15) is 0 Å². The Kier molecular flexibility index (Phi) is 14.4. The zero-order valence-electron chi connectivity index (χ0n) is 12.4. The van der Waals surface area contributed by atoms with E-state index in [4.69, 9.17) is 0 Å². The molecule has 0 saturated heterocycles. The van der Waals surface area contributed by atoms with Gasteiger partial charge in [-0.1, -0.05) is 58.1 Å². The van der Waals surface area contributed by atoms with Crippen LogP contribution in [0.2, 0.25) is 0 Å². The molecule has 0 nitrogen and oxygen atoms in total. The van der Waals surface area contributed by atoms with Crippen LogP contribution in [0.3, 0.4) is 0 Å². The molecule has 0 bridgehead atoms.